The van der Waals surface area contributed by atoms with Crippen LogP contribution in [0.5, 0.6) is 0 Å². The molecule has 0 bridgehead atoms. The van der Waals surface area contributed by atoms with E-state index < -0.39 is 34.2 Å². The summed E-state index contributed by atoms with van der Waals surface area (Å²) in [6.07, 6.45) is 1.90. The Bertz CT molecular complexity index is 1050. The van der Waals surface area contributed by atoms with Crippen molar-refractivity contribution in [2.75, 3.05) is 14.1 Å². The second-order valence-corrected chi connectivity index (χ2v) is 27.4. The number of halogens is 1. The fourth-order valence-corrected chi connectivity index (χ4v) is 7.68. The zero-order chi connectivity index (χ0) is 24.0. The third-order valence-corrected chi connectivity index (χ3v) is 12.6. The number of hydrogen-bond donors (Lipinski definition) is 1. The van der Waals surface area contributed by atoms with Crippen molar-refractivity contribution in [3.63, 3.8) is 0 Å². The molecular formula is C22H36FN3O3SSn. The molecule has 0 aliphatic carbocycles. The van der Waals surface area contributed by atoms with E-state index in [2.05, 4.69) is 19.8 Å². The fraction of sp³-hybridized carbons (Fsp3) is 0.591. The summed E-state index contributed by atoms with van der Waals surface area (Å²) in [5.74, 6) is -0.396. The average Bonchev–Trinajstić information content (AvgIpc) is 2.99. The topological polar surface area (TPSA) is 75.4 Å². The van der Waals surface area contributed by atoms with Gasteiger partial charge in [-0.15, -0.1) is 0 Å². The van der Waals surface area contributed by atoms with E-state index in [1.807, 2.05) is 26.8 Å². The minimum absolute atomic E-state index is 0.0149. The van der Waals surface area contributed by atoms with Crippen LogP contribution in [-0.4, -0.2) is 59.3 Å². The first-order chi connectivity index (χ1) is 13.8. The van der Waals surface area contributed by atoms with Crippen molar-refractivity contribution in [2.24, 2.45) is 5.41 Å². The molecule has 0 aliphatic heterocycles. The maximum atomic E-state index is 14.9. The normalized spacial score (nSPS) is 15.4. The monoisotopic (exact) mass is 561 g/mol. The Labute approximate surface area is 190 Å². The van der Waals surface area contributed by atoms with Crippen LogP contribution in [0.4, 0.5) is 4.39 Å². The van der Waals surface area contributed by atoms with E-state index in [0.717, 1.165) is 11.9 Å². The zero-order valence-corrected chi connectivity index (χ0v) is 23.8. The molecule has 1 atom stereocenters. The van der Waals surface area contributed by atoms with Crippen molar-refractivity contribution < 1.29 is 17.9 Å². The summed E-state index contributed by atoms with van der Waals surface area (Å²) in [6.45, 7) is 7.57. The number of nitrogens with zero attached hydrogens (tertiary/aromatic N) is 3. The van der Waals surface area contributed by atoms with Crippen LogP contribution in [0.25, 0.3) is 0 Å². The van der Waals surface area contributed by atoms with Gasteiger partial charge < -0.3 is 0 Å². The number of hydrogen-bond acceptors (Lipinski definition) is 4. The molecule has 0 fully saturated rings. The van der Waals surface area contributed by atoms with Crippen LogP contribution in [0.15, 0.2) is 24.4 Å². The molecule has 6 nitrogen and oxygen atoms in total. The number of rotatable bonds is 7. The Morgan fingerprint density at radius 1 is 1.13 bits per heavy atom. The molecule has 0 aliphatic rings. The van der Waals surface area contributed by atoms with Crippen LogP contribution in [-0.2, 0) is 28.7 Å². The molecule has 1 unspecified atom stereocenters. The molecule has 1 aromatic carbocycles. The zero-order valence-electron chi connectivity index (χ0n) is 20.1. The first-order valence-electron chi connectivity index (χ1n) is 10.4. The standard InChI is InChI=1S/C19H27FN3O3S.3CH3.Sn/c1-18(2,3)12-15-13-23(27(25,26)22(5)6)17(21-15)19(4,24)11-14-9-7-8-10-16(14)20;;;;/h7,9-10,13,24H,11-12H2,1-6H3;3*1H3;. The van der Waals surface area contributed by atoms with Crippen LogP contribution in [0.3, 0.4) is 0 Å². The molecule has 31 heavy (non-hydrogen) atoms. The van der Waals surface area contributed by atoms with E-state index in [1.54, 1.807) is 12.1 Å². The number of aromatic nitrogens is 2. The van der Waals surface area contributed by atoms with Gasteiger partial charge >= 0.3 is 191 Å². The van der Waals surface area contributed by atoms with Crippen molar-refractivity contribution in [2.45, 2.75) is 61.0 Å². The second-order valence-electron chi connectivity index (χ2n) is 10.9. The molecule has 0 saturated carbocycles. The van der Waals surface area contributed by atoms with E-state index in [1.165, 1.54) is 27.2 Å². The Hall–Kier alpha value is -0.971. The van der Waals surface area contributed by atoms with Gasteiger partial charge in [-0.2, -0.15) is 0 Å². The first-order valence-corrected chi connectivity index (χ1v) is 21.8. The quantitative estimate of drug-likeness (QED) is 0.528. The van der Waals surface area contributed by atoms with Crippen molar-refractivity contribution in [3.8, 4) is 0 Å². The Balaban J connectivity index is 2.54. The van der Waals surface area contributed by atoms with Gasteiger partial charge in [-0.25, -0.2) is 0 Å². The third kappa shape index (κ3) is 6.30. The predicted octanol–water partition coefficient (Wildman–Crippen LogP) is 3.26. The van der Waals surface area contributed by atoms with E-state index >= 15 is 0 Å². The van der Waals surface area contributed by atoms with Crippen LogP contribution in [0, 0.1) is 11.2 Å². The molecule has 1 heterocycles. The third-order valence-electron chi connectivity index (χ3n) is 5.08. The summed E-state index contributed by atoms with van der Waals surface area (Å²) in [7, 11) is -1.06. The van der Waals surface area contributed by atoms with Gasteiger partial charge in [-0.3, -0.25) is 0 Å². The van der Waals surface area contributed by atoms with Gasteiger partial charge in [-0.05, 0) is 0 Å². The minimum atomic E-state index is -3.91. The molecule has 2 rings (SSSR count). The second kappa shape index (κ2) is 8.76. The van der Waals surface area contributed by atoms with Gasteiger partial charge in [0.05, 0.1) is 0 Å². The molecule has 2 aromatic rings. The van der Waals surface area contributed by atoms with Crippen molar-refractivity contribution >= 4 is 32.2 Å². The molecule has 0 amide bonds. The molecule has 9 heteroatoms. The molecule has 1 N–H and O–H groups in total. The molecule has 1 aromatic heterocycles. The van der Waals surface area contributed by atoms with Crippen LogP contribution < -0.4 is 3.58 Å². The predicted molar refractivity (Wildman–Crippen MR) is 126 cm³/mol. The SMILES string of the molecule is CN(C)S(=O)(=O)n1cc(CC(C)(C)C)nc1C(C)(O)Cc1cc[c]([Sn]([CH3])([CH3])[CH3])cc1F. The van der Waals surface area contributed by atoms with Gasteiger partial charge in [0, 0.05) is 0 Å². The van der Waals surface area contributed by atoms with E-state index in [4.69, 9.17) is 0 Å². The maximum absolute atomic E-state index is 14.9. The van der Waals surface area contributed by atoms with Gasteiger partial charge in [0.15, 0.2) is 0 Å². The van der Waals surface area contributed by atoms with Crippen molar-refractivity contribution in [1.82, 2.24) is 13.3 Å². The summed E-state index contributed by atoms with van der Waals surface area (Å²) in [6, 6.07) is 5.19. The number of imidazole rings is 1. The molecule has 0 saturated heterocycles. The van der Waals surface area contributed by atoms with Gasteiger partial charge in [0.25, 0.3) is 0 Å². The molecule has 0 radical (unpaired) electrons. The van der Waals surface area contributed by atoms with Gasteiger partial charge in [0.2, 0.25) is 0 Å². The molecular weight excluding hydrogens is 524 g/mol. The summed E-state index contributed by atoms with van der Waals surface area (Å²) in [4.78, 5) is 11.1. The van der Waals surface area contributed by atoms with E-state index in [9.17, 15) is 17.9 Å². The van der Waals surface area contributed by atoms with Gasteiger partial charge in [0.1, 0.15) is 0 Å². The summed E-state index contributed by atoms with van der Waals surface area (Å²) in [5.41, 5.74) is -0.915. The Kier molecular flexibility index (Phi) is 7.43. The van der Waals surface area contributed by atoms with Crippen molar-refractivity contribution in [3.05, 3.63) is 47.3 Å². The number of aliphatic hydroxyl groups is 1. The first kappa shape index (κ1) is 26.3. The van der Waals surface area contributed by atoms with E-state index in [-0.39, 0.29) is 23.5 Å². The summed E-state index contributed by atoms with van der Waals surface area (Å²) < 4.78 is 43.9. The summed E-state index contributed by atoms with van der Waals surface area (Å²) in [5, 5.41) is 11.3. The van der Waals surface area contributed by atoms with Crippen molar-refractivity contribution in [1.29, 1.82) is 0 Å². The Morgan fingerprint density at radius 2 is 1.71 bits per heavy atom. The van der Waals surface area contributed by atoms with Gasteiger partial charge in [-0.1, -0.05) is 0 Å². The fourth-order valence-electron chi connectivity index (χ4n) is 3.36. The van der Waals surface area contributed by atoms with E-state index in [0.29, 0.717) is 17.7 Å². The van der Waals surface area contributed by atoms with Crippen LogP contribution in [0.2, 0.25) is 14.8 Å². The average molecular weight is 560 g/mol. The molecule has 0 spiro atoms. The molecule has 174 valence electrons. The van der Waals surface area contributed by atoms with Crippen LogP contribution in [0.1, 0.15) is 44.8 Å². The van der Waals surface area contributed by atoms with Crippen LogP contribution >= 0.6 is 0 Å². The summed E-state index contributed by atoms with van der Waals surface area (Å²) >= 11 is -2.43. The number of benzene rings is 1. The Morgan fingerprint density at radius 3 is 2.16 bits per heavy atom.